The fourth-order valence-electron chi connectivity index (χ4n) is 5.74. The third-order valence-electron chi connectivity index (χ3n) is 8.34. The van der Waals surface area contributed by atoms with E-state index in [1.807, 2.05) is 60.8 Å². The van der Waals surface area contributed by atoms with Gasteiger partial charge in [-0.15, -0.1) is 10.5 Å². The lowest BCUT2D eigenvalue weighted by molar-refractivity contribution is -0.142. The number of rotatable bonds is 11. The molecule has 1 fully saturated rings. The maximum absolute atomic E-state index is 13.6. The SMILES string of the molecule is CN(C)[C@H]1CCN(C(=O)C(O)C(O)S2=C3C(=C(Nc4ccc(OCc5cccc(F)c5)c(Cl)c4)N=CN3Cc3ccccc3)C=C2)C1. The van der Waals surface area contributed by atoms with Crippen LogP contribution in [0.4, 0.5) is 10.1 Å². The van der Waals surface area contributed by atoms with Crippen molar-refractivity contribution in [2.45, 2.75) is 37.2 Å². The predicted octanol–water partition coefficient (Wildman–Crippen LogP) is 4.99. The number of likely N-dealkylation sites (tertiary alicyclic amines) is 1. The number of halogens is 2. The van der Waals surface area contributed by atoms with E-state index in [0.29, 0.717) is 47.5 Å². The maximum Gasteiger partial charge on any atom is 0.255 e. The smallest absolute Gasteiger partial charge is 0.255 e. The number of anilines is 1. The third kappa shape index (κ3) is 7.45. The minimum Gasteiger partial charge on any atom is -0.487 e. The summed E-state index contributed by atoms with van der Waals surface area (Å²) in [7, 11) is 2.93. The first-order valence-electron chi connectivity index (χ1n) is 15.3. The van der Waals surface area contributed by atoms with Crippen LogP contribution >= 0.6 is 22.1 Å². The van der Waals surface area contributed by atoms with Crippen LogP contribution in [0.3, 0.4) is 0 Å². The molecule has 4 atom stereocenters. The molecule has 0 saturated carbocycles. The van der Waals surface area contributed by atoms with Crippen LogP contribution in [-0.2, 0) is 17.9 Å². The van der Waals surface area contributed by atoms with Crippen LogP contribution < -0.4 is 10.1 Å². The van der Waals surface area contributed by atoms with Crippen LogP contribution in [0.2, 0.25) is 5.02 Å². The van der Waals surface area contributed by atoms with Crippen LogP contribution in [0.1, 0.15) is 17.5 Å². The Hall–Kier alpha value is -4.00. The first kappa shape index (κ1) is 32.9. The molecule has 246 valence electrons. The number of hydrogen-bond acceptors (Lipinski definition) is 8. The van der Waals surface area contributed by atoms with Gasteiger partial charge in [-0.25, -0.2) is 9.38 Å². The van der Waals surface area contributed by atoms with Gasteiger partial charge in [0.25, 0.3) is 5.91 Å². The summed E-state index contributed by atoms with van der Waals surface area (Å²) in [5.74, 6) is 0.181. The molecule has 0 radical (unpaired) electrons. The maximum atomic E-state index is 13.6. The molecule has 12 heteroatoms. The normalized spacial score (nSPS) is 20.2. The minimum atomic E-state index is -1.58. The number of likely N-dealkylation sites (N-methyl/N-ethyl adjacent to an activating group) is 1. The van der Waals surface area contributed by atoms with Gasteiger partial charge in [0.15, 0.2) is 6.10 Å². The number of nitrogens with zero attached hydrogens (tertiary/aromatic N) is 4. The fourth-order valence-corrected chi connectivity index (χ4v) is 7.97. The molecule has 9 nitrogen and oxygen atoms in total. The molecule has 1 amide bonds. The molecule has 3 aliphatic heterocycles. The largest absolute Gasteiger partial charge is 0.487 e. The summed E-state index contributed by atoms with van der Waals surface area (Å²) in [6, 6.07) is 21.5. The lowest BCUT2D eigenvalue weighted by Gasteiger charge is -2.31. The highest BCUT2D eigenvalue weighted by molar-refractivity contribution is 8.19. The summed E-state index contributed by atoms with van der Waals surface area (Å²) in [5.41, 5.74) is 1.77. The summed E-state index contributed by atoms with van der Waals surface area (Å²) < 4.78 is 19.4. The number of carbonyl (C=O) groups excluding carboxylic acids is 1. The standard InChI is InChI=1S/C35H37ClFN5O4S/c1-40(2)27-13-15-41(20-27)33(44)31(43)35(45)47-16-14-28-32(38-22-42(34(28)47)19-23-7-4-3-5-8-23)39-26-11-12-30(29(36)18-26)46-21-24-9-6-10-25(37)17-24/h3-12,14,16-18,22,27,31,35,39,43,45H,13,15,19-21H2,1-2H3/t27-,31?,35?,47?/m0/s1. The number of benzene rings is 3. The van der Waals surface area contributed by atoms with E-state index in [4.69, 9.17) is 21.3 Å². The zero-order chi connectivity index (χ0) is 33.1. The van der Waals surface area contributed by atoms with E-state index in [2.05, 4.69) is 10.2 Å². The van der Waals surface area contributed by atoms with E-state index in [-0.39, 0.29) is 18.5 Å². The Balaban J connectivity index is 1.24. The van der Waals surface area contributed by atoms with Crippen LogP contribution in [0.15, 0.2) is 101 Å². The zero-order valence-electron chi connectivity index (χ0n) is 26.1. The van der Waals surface area contributed by atoms with Gasteiger partial charge in [0.05, 0.1) is 16.3 Å². The van der Waals surface area contributed by atoms with Crippen molar-refractivity contribution in [3.8, 4) is 5.75 Å². The van der Waals surface area contributed by atoms with Crippen LogP contribution in [-0.4, -0.2) is 86.9 Å². The Bertz CT molecular complexity index is 1770. The van der Waals surface area contributed by atoms with E-state index >= 15 is 0 Å². The molecule has 3 N–H and O–H groups in total. The number of aliphatic hydroxyl groups is 2. The van der Waals surface area contributed by atoms with Crippen molar-refractivity contribution >= 4 is 45.0 Å². The van der Waals surface area contributed by atoms with Crippen molar-refractivity contribution in [1.29, 1.82) is 0 Å². The zero-order valence-corrected chi connectivity index (χ0v) is 27.7. The molecule has 3 unspecified atom stereocenters. The van der Waals surface area contributed by atoms with E-state index in [9.17, 15) is 19.4 Å². The molecule has 0 aromatic heterocycles. The average molecular weight is 678 g/mol. The summed E-state index contributed by atoms with van der Waals surface area (Å²) in [6.45, 7) is 1.70. The number of aliphatic imine (C=N–C) groups is 1. The summed E-state index contributed by atoms with van der Waals surface area (Å²) in [6.07, 6.45) is 2.80. The van der Waals surface area contributed by atoms with Gasteiger partial charge in [-0.2, -0.15) is 0 Å². The van der Waals surface area contributed by atoms with Gasteiger partial charge >= 0.3 is 0 Å². The Morgan fingerprint density at radius 1 is 1.13 bits per heavy atom. The number of aliphatic hydroxyl groups excluding tert-OH is 2. The van der Waals surface area contributed by atoms with Gasteiger partial charge in [-0.1, -0.05) is 54.1 Å². The van der Waals surface area contributed by atoms with Crippen molar-refractivity contribution in [2.24, 2.45) is 4.99 Å². The lowest BCUT2D eigenvalue weighted by Crippen LogP contribution is -2.45. The molecule has 0 spiro atoms. The summed E-state index contributed by atoms with van der Waals surface area (Å²) in [4.78, 5) is 24.4. The molecule has 3 aliphatic rings. The van der Waals surface area contributed by atoms with Gasteiger partial charge in [-0.3, -0.25) is 4.79 Å². The molecule has 1 saturated heterocycles. The number of carbonyl (C=O) groups is 1. The van der Waals surface area contributed by atoms with Crippen molar-refractivity contribution in [3.63, 3.8) is 0 Å². The highest BCUT2D eigenvalue weighted by atomic mass is 35.5. The molecule has 0 aliphatic carbocycles. The predicted molar refractivity (Wildman–Crippen MR) is 186 cm³/mol. The van der Waals surface area contributed by atoms with E-state index in [1.165, 1.54) is 12.1 Å². The van der Waals surface area contributed by atoms with Crippen molar-refractivity contribution in [2.75, 3.05) is 32.5 Å². The number of fused-ring (bicyclic) bond motifs is 1. The molecular formula is C35H37ClFN5O4S. The minimum absolute atomic E-state index is 0.164. The Labute approximate surface area is 281 Å². The van der Waals surface area contributed by atoms with E-state index < -0.39 is 27.9 Å². The summed E-state index contributed by atoms with van der Waals surface area (Å²) in [5, 5.41) is 28.2. The molecule has 3 aromatic rings. The average Bonchev–Trinajstić information content (AvgIpc) is 3.74. The first-order chi connectivity index (χ1) is 22.7. The quantitative estimate of drug-likeness (QED) is 0.246. The molecule has 0 bridgehead atoms. The highest BCUT2D eigenvalue weighted by Crippen LogP contribution is 2.39. The van der Waals surface area contributed by atoms with Gasteiger partial charge < -0.3 is 35.0 Å². The number of ether oxygens (including phenoxy) is 1. The van der Waals surface area contributed by atoms with Crippen molar-refractivity contribution in [3.05, 3.63) is 118 Å². The van der Waals surface area contributed by atoms with E-state index in [0.717, 1.165) is 22.5 Å². The molecule has 3 aromatic carbocycles. The van der Waals surface area contributed by atoms with Gasteiger partial charge in [-0.05, 0) is 73.5 Å². The number of amides is 1. The number of nitrogens with one attached hydrogen (secondary N) is 1. The molecule has 6 rings (SSSR count). The van der Waals surface area contributed by atoms with Crippen molar-refractivity contribution < 1.29 is 24.1 Å². The highest BCUT2D eigenvalue weighted by Gasteiger charge is 2.38. The fraction of sp³-hybridized carbons (Fsp3) is 0.286. The van der Waals surface area contributed by atoms with Crippen LogP contribution in [0.5, 0.6) is 5.75 Å². The van der Waals surface area contributed by atoms with Crippen molar-refractivity contribution in [1.82, 2.24) is 14.7 Å². The molecular weight excluding hydrogens is 641 g/mol. The number of hydrogen-bond donors (Lipinski definition) is 3. The monoisotopic (exact) mass is 677 g/mol. The van der Waals surface area contributed by atoms with Gasteiger partial charge in [0.2, 0.25) is 0 Å². The van der Waals surface area contributed by atoms with Gasteiger partial charge in [0, 0.05) is 36.9 Å². The Morgan fingerprint density at radius 3 is 2.64 bits per heavy atom. The second-order valence-electron chi connectivity index (χ2n) is 11.8. The second-order valence-corrected chi connectivity index (χ2v) is 14.1. The third-order valence-corrected chi connectivity index (χ3v) is 10.7. The summed E-state index contributed by atoms with van der Waals surface area (Å²) >= 11 is 6.56. The van der Waals surface area contributed by atoms with Gasteiger partial charge in [0.1, 0.15) is 29.4 Å². The Morgan fingerprint density at radius 2 is 1.91 bits per heavy atom. The second kappa shape index (κ2) is 14.4. The lowest BCUT2D eigenvalue weighted by atomic mass is 10.1. The topological polar surface area (TPSA) is 101 Å². The van der Waals surface area contributed by atoms with Crippen LogP contribution in [0.25, 0.3) is 0 Å². The Kier molecular flexibility index (Phi) is 10.1. The van der Waals surface area contributed by atoms with E-state index in [1.54, 1.807) is 41.6 Å². The first-order valence-corrected chi connectivity index (χ1v) is 17.0. The molecule has 47 heavy (non-hydrogen) atoms. The van der Waals surface area contributed by atoms with Crippen LogP contribution in [0, 0.1) is 5.82 Å². The molecule has 3 heterocycles.